The maximum Gasteiger partial charge on any atom is 0.202 e. The standard InChI is InChI=1S/C34H43N3O9/c1-6-8-10-18(7-2)37-36-17(4)34(43)14-20-26(23(15-34)46-24-13-21(35)29(38)16(3)45-24)33(42)28-27(31(20)40)30(39)19-11-9-12-22(44-5)25(19)32(28)41/h9,11-12,16,21,23-24,29,38,40,42-43H,6-8,10,13-15,35H2,1-5H3/b36-17+,37-18-/t16-,21-,23-,24-,29+,34-/m0/s1. The summed E-state index contributed by atoms with van der Waals surface area (Å²) in [6, 6.07) is 3.88. The highest BCUT2D eigenvalue weighted by Crippen LogP contribution is 2.52. The largest absolute Gasteiger partial charge is 0.507 e. The number of nitrogens with two attached hydrogens (primary N) is 1. The Morgan fingerprint density at radius 3 is 2.48 bits per heavy atom. The molecule has 2 aromatic carbocycles. The number of methoxy groups -OCH3 is 1. The number of hydrogen-bond donors (Lipinski definition) is 5. The van der Waals surface area contributed by atoms with Crippen LogP contribution in [0.2, 0.25) is 0 Å². The fraction of sp³-hybridized carbons (Fsp3) is 0.529. The van der Waals surface area contributed by atoms with Crippen molar-refractivity contribution >= 4 is 23.0 Å². The van der Waals surface area contributed by atoms with Gasteiger partial charge in [-0.1, -0.05) is 32.4 Å². The second kappa shape index (κ2) is 13.2. The molecular weight excluding hydrogens is 594 g/mol. The molecule has 1 aliphatic heterocycles. The highest BCUT2D eigenvalue weighted by molar-refractivity contribution is 6.31. The van der Waals surface area contributed by atoms with Crippen LogP contribution in [0.4, 0.5) is 0 Å². The van der Waals surface area contributed by atoms with Gasteiger partial charge in [0.25, 0.3) is 0 Å². The zero-order chi connectivity index (χ0) is 33.5. The molecule has 6 atom stereocenters. The lowest BCUT2D eigenvalue weighted by Gasteiger charge is -2.42. The lowest BCUT2D eigenvalue weighted by Crippen LogP contribution is -2.52. The van der Waals surface area contributed by atoms with Crippen molar-refractivity contribution in [3.63, 3.8) is 0 Å². The fourth-order valence-electron chi connectivity index (χ4n) is 6.58. The van der Waals surface area contributed by atoms with Crippen molar-refractivity contribution in [3.8, 4) is 17.2 Å². The Bertz CT molecular complexity index is 1590. The summed E-state index contributed by atoms with van der Waals surface area (Å²) in [4.78, 5) is 27.7. The maximum absolute atomic E-state index is 13.9. The molecule has 0 bridgehead atoms. The zero-order valence-corrected chi connectivity index (χ0v) is 26.9. The Kier molecular flexibility index (Phi) is 9.67. The highest BCUT2D eigenvalue weighted by Gasteiger charge is 2.49. The van der Waals surface area contributed by atoms with E-state index in [0.29, 0.717) is 6.42 Å². The van der Waals surface area contributed by atoms with Gasteiger partial charge in [-0.05, 0) is 39.2 Å². The van der Waals surface area contributed by atoms with Gasteiger partial charge in [-0.2, -0.15) is 10.2 Å². The first kappa shape index (κ1) is 33.7. The number of carbonyl (C=O) groups excluding carboxylic acids is 2. The van der Waals surface area contributed by atoms with Crippen molar-refractivity contribution in [2.24, 2.45) is 15.9 Å². The van der Waals surface area contributed by atoms with Crippen LogP contribution >= 0.6 is 0 Å². The Morgan fingerprint density at radius 2 is 1.83 bits per heavy atom. The second-order valence-electron chi connectivity index (χ2n) is 12.4. The molecule has 1 saturated heterocycles. The fourth-order valence-corrected chi connectivity index (χ4v) is 6.58. The van der Waals surface area contributed by atoms with E-state index in [1.807, 2.05) is 6.92 Å². The van der Waals surface area contributed by atoms with Crippen LogP contribution in [0.1, 0.15) is 115 Å². The second-order valence-corrected chi connectivity index (χ2v) is 12.4. The normalized spacial score (nSPS) is 28.0. The van der Waals surface area contributed by atoms with Crippen molar-refractivity contribution in [3.05, 3.63) is 51.6 Å². The monoisotopic (exact) mass is 637 g/mol. The molecule has 248 valence electrons. The minimum Gasteiger partial charge on any atom is -0.507 e. The highest BCUT2D eigenvalue weighted by atomic mass is 16.7. The van der Waals surface area contributed by atoms with Gasteiger partial charge in [0.05, 0.1) is 47.8 Å². The molecular formula is C34H43N3O9. The third kappa shape index (κ3) is 5.84. The lowest BCUT2D eigenvalue weighted by atomic mass is 9.72. The predicted octanol–water partition coefficient (Wildman–Crippen LogP) is 3.86. The molecule has 3 aliphatic rings. The van der Waals surface area contributed by atoms with Crippen molar-refractivity contribution in [2.45, 2.75) is 109 Å². The van der Waals surface area contributed by atoms with Gasteiger partial charge in [-0.25, -0.2) is 0 Å². The topological polar surface area (TPSA) is 193 Å². The van der Waals surface area contributed by atoms with Crippen LogP contribution in [0, 0.1) is 0 Å². The molecule has 1 heterocycles. The predicted molar refractivity (Wildman–Crippen MR) is 170 cm³/mol. The van der Waals surface area contributed by atoms with Gasteiger partial charge in [0.2, 0.25) is 5.78 Å². The number of phenols is 2. The molecule has 0 aromatic heterocycles. The summed E-state index contributed by atoms with van der Waals surface area (Å²) in [6.07, 6.45) is -0.593. The van der Waals surface area contributed by atoms with Crippen molar-refractivity contribution in [2.75, 3.05) is 7.11 Å². The molecule has 46 heavy (non-hydrogen) atoms. The van der Waals surface area contributed by atoms with E-state index in [0.717, 1.165) is 25.0 Å². The number of hydrogen-bond acceptors (Lipinski definition) is 12. The number of unbranched alkanes of at least 4 members (excludes halogenated alkanes) is 1. The number of fused-ring (bicyclic) bond motifs is 3. The molecule has 2 aromatic rings. The Balaban J connectivity index is 1.65. The Morgan fingerprint density at radius 1 is 1.11 bits per heavy atom. The summed E-state index contributed by atoms with van der Waals surface area (Å²) < 4.78 is 17.6. The molecule has 0 spiro atoms. The van der Waals surface area contributed by atoms with Crippen LogP contribution in [0.5, 0.6) is 17.2 Å². The van der Waals surface area contributed by atoms with Gasteiger partial charge in [-0.3, -0.25) is 9.59 Å². The molecule has 0 radical (unpaired) electrons. The average Bonchev–Trinajstić information content (AvgIpc) is 3.03. The summed E-state index contributed by atoms with van der Waals surface area (Å²) in [5.41, 5.74) is 4.88. The van der Waals surface area contributed by atoms with Crippen LogP contribution in [0.15, 0.2) is 28.4 Å². The summed E-state index contributed by atoms with van der Waals surface area (Å²) >= 11 is 0. The zero-order valence-electron chi connectivity index (χ0n) is 26.9. The maximum atomic E-state index is 13.9. The molecule has 0 saturated carbocycles. The van der Waals surface area contributed by atoms with E-state index in [9.17, 15) is 30.0 Å². The van der Waals surface area contributed by atoms with E-state index >= 15 is 0 Å². The lowest BCUT2D eigenvalue weighted by molar-refractivity contribution is -0.245. The quantitative estimate of drug-likeness (QED) is 0.131. The van der Waals surface area contributed by atoms with Gasteiger partial charge in [0, 0.05) is 47.7 Å². The number of phenolic OH excluding ortho intramolecular Hbond substituents is 2. The van der Waals surface area contributed by atoms with Gasteiger partial charge in [0.1, 0.15) is 22.8 Å². The smallest absolute Gasteiger partial charge is 0.202 e. The summed E-state index contributed by atoms with van der Waals surface area (Å²) in [5.74, 6) is -2.31. The van der Waals surface area contributed by atoms with Crippen LogP contribution in [0.3, 0.4) is 0 Å². The van der Waals surface area contributed by atoms with Crippen molar-refractivity contribution in [1.82, 2.24) is 0 Å². The average molecular weight is 638 g/mol. The number of rotatable bonds is 9. The van der Waals surface area contributed by atoms with Crippen LogP contribution in [-0.4, -0.2) is 80.7 Å². The van der Waals surface area contributed by atoms with E-state index in [2.05, 4.69) is 17.1 Å². The van der Waals surface area contributed by atoms with Gasteiger partial charge in [0.15, 0.2) is 12.1 Å². The first-order chi connectivity index (χ1) is 21.9. The molecule has 2 aliphatic carbocycles. The minimum absolute atomic E-state index is 0.0220. The third-order valence-corrected chi connectivity index (χ3v) is 9.38. The number of aliphatic hydroxyl groups is 2. The Hall–Kier alpha value is -3.68. The van der Waals surface area contributed by atoms with Crippen molar-refractivity contribution in [1.29, 1.82) is 0 Å². The molecule has 0 amide bonds. The van der Waals surface area contributed by atoms with E-state index < -0.39 is 59.3 Å². The molecule has 1 fully saturated rings. The number of carbonyl (C=O) groups is 2. The molecule has 12 nitrogen and oxygen atoms in total. The van der Waals surface area contributed by atoms with Crippen molar-refractivity contribution < 1.29 is 44.2 Å². The SMILES string of the molecule is CCCC/C(CC)=N\N=C(/C)[C@]1(O)Cc2c(O)c3c(c(O)c2[C@@H](O[C@H]2C[C@H](N)[C@H](O)[C@H](C)O2)C1)C(=O)c1c(OC)cccc1C3=O. The molecule has 6 N–H and O–H groups in total. The van der Waals surface area contributed by atoms with Crippen LogP contribution < -0.4 is 10.5 Å². The third-order valence-electron chi connectivity index (χ3n) is 9.38. The van der Waals surface area contributed by atoms with E-state index in [1.54, 1.807) is 19.9 Å². The first-order valence-corrected chi connectivity index (χ1v) is 15.8. The number of ketones is 2. The molecule has 12 heteroatoms. The Labute approximate surface area is 267 Å². The number of aromatic hydroxyl groups is 2. The summed E-state index contributed by atoms with van der Waals surface area (Å²) in [6.45, 7) is 7.34. The molecule has 5 rings (SSSR count). The van der Waals surface area contributed by atoms with E-state index in [4.69, 9.17) is 19.9 Å². The number of nitrogens with zero attached hydrogens (tertiary/aromatic N) is 2. The summed E-state index contributed by atoms with van der Waals surface area (Å²) in [5, 5.41) is 54.7. The van der Waals surface area contributed by atoms with E-state index in [-0.39, 0.29) is 64.1 Å². The van der Waals surface area contributed by atoms with Crippen LogP contribution in [-0.2, 0) is 15.9 Å². The van der Waals surface area contributed by atoms with Gasteiger partial charge in [-0.15, -0.1) is 0 Å². The number of aliphatic hydroxyl groups excluding tert-OH is 1. The number of ether oxygens (including phenoxy) is 3. The van der Waals surface area contributed by atoms with E-state index in [1.165, 1.54) is 19.2 Å². The van der Waals surface area contributed by atoms with Gasteiger partial charge < -0.3 is 40.4 Å². The number of benzene rings is 2. The summed E-state index contributed by atoms with van der Waals surface area (Å²) in [7, 11) is 1.37. The van der Waals surface area contributed by atoms with Gasteiger partial charge >= 0.3 is 0 Å². The van der Waals surface area contributed by atoms with Crippen LogP contribution in [0.25, 0.3) is 0 Å². The molecule has 0 unspecified atom stereocenters. The minimum atomic E-state index is -1.73. The first-order valence-electron chi connectivity index (χ1n) is 15.8.